The van der Waals surface area contributed by atoms with Gasteiger partial charge in [0.2, 0.25) is 0 Å². The van der Waals surface area contributed by atoms with Crippen molar-refractivity contribution in [3.63, 3.8) is 0 Å². The van der Waals surface area contributed by atoms with Crippen LogP contribution < -0.4 is 11.1 Å². The fraction of sp³-hybridized carbons (Fsp3) is 0.800. The number of hydrogen-bond acceptors (Lipinski definition) is 3. The first-order valence-electron chi connectivity index (χ1n) is 7.63. The Morgan fingerprint density at radius 2 is 2.00 bits per heavy atom. The van der Waals surface area contributed by atoms with Crippen molar-refractivity contribution < 1.29 is 0 Å². The molecule has 0 unspecified atom stereocenters. The Balaban J connectivity index is 1.94. The van der Waals surface area contributed by atoms with Crippen molar-refractivity contribution in [3.8, 4) is 0 Å². The minimum absolute atomic E-state index is 0.274. The molecule has 1 heterocycles. The van der Waals surface area contributed by atoms with Gasteiger partial charge in [-0.15, -0.1) is 0 Å². The minimum Gasteiger partial charge on any atom is -0.370 e. The molecule has 2 fully saturated rings. The van der Waals surface area contributed by atoms with Gasteiger partial charge in [-0.25, -0.2) is 0 Å². The molecule has 0 amide bonds. The summed E-state index contributed by atoms with van der Waals surface area (Å²) >= 11 is 2.07. The van der Waals surface area contributed by atoms with E-state index in [0.29, 0.717) is 12.5 Å². The zero-order chi connectivity index (χ0) is 14.4. The zero-order valence-electron chi connectivity index (χ0n) is 12.7. The molecule has 0 aromatic rings. The number of hydrogen-bond donors (Lipinski definition) is 2. The molecule has 5 heteroatoms. The number of guanidine groups is 1. The second-order valence-corrected chi connectivity index (χ2v) is 7.27. The van der Waals surface area contributed by atoms with Gasteiger partial charge in [-0.1, -0.05) is 25.0 Å². The Kier molecular flexibility index (Phi) is 5.78. The molecule has 1 aliphatic heterocycles. The summed E-state index contributed by atoms with van der Waals surface area (Å²) in [5.41, 5.74) is 7.31. The maximum absolute atomic E-state index is 5.96. The highest BCUT2D eigenvalue weighted by molar-refractivity contribution is 7.99. The van der Waals surface area contributed by atoms with Gasteiger partial charge in [-0.05, 0) is 19.8 Å². The Hall–Kier alpha value is -0.680. The predicted octanol–water partition coefficient (Wildman–Crippen LogP) is 1.83. The SMILES string of the molecule is C=C(C)CNC(N)=NCC1(N2CCSCC2)CCCC1. The molecule has 2 rings (SSSR count). The van der Waals surface area contributed by atoms with E-state index in [1.54, 1.807) is 0 Å². The Bertz CT molecular complexity index is 355. The van der Waals surface area contributed by atoms with Gasteiger partial charge in [-0.2, -0.15) is 11.8 Å². The quantitative estimate of drug-likeness (QED) is 0.462. The molecule has 0 atom stereocenters. The monoisotopic (exact) mass is 296 g/mol. The topological polar surface area (TPSA) is 53.6 Å². The lowest BCUT2D eigenvalue weighted by Crippen LogP contribution is -2.53. The smallest absolute Gasteiger partial charge is 0.188 e. The lowest BCUT2D eigenvalue weighted by Gasteiger charge is -2.42. The first-order valence-corrected chi connectivity index (χ1v) is 8.79. The third kappa shape index (κ3) is 4.16. The maximum Gasteiger partial charge on any atom is 0.188 e. The number of thioether (sulfide) groups is 1. The van der Waals surface area contributed by atoms with E-state index >= 15 is 0 Å². The highest BCUT2D eigenvalue weighted by Crippen LogP contribution is 2.36. The normalized spacial score (nSPS) is 23.8. The largest absolute Gasteiger partial charge is 0.370 e. The van der Waals surface area contributed by atoms with Gasteiger partial charge < -0.3 is 11.1 Å². The van der Waals surface area contributed by atoms with E-state index in [0.717, 1.165) is 12.1 Å². The van der Waals surface area contributed by atoms with Crippen molar-refractivity contribution in [1.29, 1.82) is 0 Å². The molecular weight excluding hydrogens is 268 g/mol. The zero-order valence-corrected chi connectivity index (χ0v) is 13.5. The van der Waals surface area contributed by atoms with E-state index < -0.39 is 0 Å². The fourth-order valence-electron chi connectivity index (χ4n) is 3.17. The Labute approximate surface area is 127 Å². The summed E-state index contributed by atoms with van der Waals surface area (Å²) in [5, 5.41) is 3.13. The highest BCUT2D eigenvalue weighted by atomic mass is 32.2. The van der Waals surface area contributed by atoms with Gasteiger partial charge in [0.25, 0.3) is 0 Å². The van der Waals surface area contributed by atoms with Crippen LogP contribution in [-0.2, 0) is 0 Å². The van der Waals surface area contributed by atoms with Crippen LogP contribution in [0, 0.1) is 0 Å². The van der Waals surface area contributed by atoms with Crippen LogP contribution in [0.5, 0.6) is 0 Å². The van der Waals surface area contributed by atoms with Gasteiger partial charge in [0, 0.05) is 36.7 Å². The van der Waals surface area contributed by atoms with Crippen LogP contribution in [0.15, 0.2) is 17.1 Å². The molecule has 114 valence electrons. The van der Waals surface area contributed by atoms with Gasteiger partial charge in [0.1, 0.15) is 0 Å². The van der Waals surface area contributed by atoms with E-state index in [9.17, 15) is 0 Å². The predicted molar refractivity (Wildman–Crippen MR) is 89.4 cm³/mol. The molecule has 0 spiro atoms. The van der Waals surface area contributed by atoms with Crippen molar-refractivity contribution in [1.82, 2.24) is 10.2 Å². The molecule has 0 aromatic heterocycles. The molecular formula is C15H28N4S. The summed E-state index contributed by atoms with van der Waals surface area (Å²) in [6.07, 6.45) is 5.21. The fourth-order valence-corrected chi connectivity index (χ4v) is 4.08. The first kappa shape index (κ1) is 15.7. The number of rotatable bonds is 5. The standard InChI is InChI=1S/C15H28N4S/c1-13(2)11-17-14(16)18-12-15(5-3-4-6-15)19-7-9-20-10-8-19/h1,3-12H2,2H3,(H3,16,17,18). The van der Waals surface area contributed by atoms with E-state index in [-0.39, 0.29) is 5.54 Å². The lowest BCUT2D eigenvalue weighted by molar-refractivity contribution is 0.112. The third-order valence-corrected chi connectivity index (χ3v) is 5.27. The van der Waals surface area contributed by atoms with Crippen molar-refractivity contribution >= 4 is 17.7 Å². The molecule has 1 aliphatic carbocycles. The van der Waals surface area contributed by atoms with Crippen LogP contribution in [0.1, 0.15) is 32.6 Å². The summed E-state index contributed by atoms with van der Waals surface area (Å²) in [7, 11) is 0. The van der Waals surface area contributed by atoms with Gasteiger partial charge in [-0.3, -0.25) is 9.89 Å². The summed E-state index contributed by atoms with van der Waals surface area (Å²) in [6, 6.07) is 0. The summed E-state index contributed by atoms with van der Waals surface area (Å²) in [4.78, 5) is 7.29. The van der Waals surface area contributed by atoms with Crippen LogP contribution in [0.4, 0.5) is 0 Å². The Morgan fingerprint density at radius 3 is 2.60 bits per heavy atom. The number of nitrogens with zero attached hydrogens (tertiary/aromatic N) is 2. The van der Waals surface area contributed by atoms with E-state index in [1.807, 2.05) is 6.92 Å². The van der Waals surface area contributed by atoms with E-state index in [4.69, 9.17) is 5.73 Å². The first-order chi connectivity index (χ1) is 9.62. The van der Waals surface area contributed by atoms with E-state index in [2.05, 4.69) is 33.5 Å². The number of nitrogens with two attached hydrogens (primary N) is 1. The van der Waals surface area contributed by atoms with Crippen LogP contribution in [0.2, 0.25) is 0 Å². The van der Waals surface area contributed by atoms with Gasteiger partial charge >= 0.3 is 0 Å². The van der Waals surface area contributed by atoms with Crippen LogP contribution >= 0.6 is 11.8 Å². The van der Waals surface area contributed by atoms with Crippen molar-refractivity contribution in [2.75, 3.05) is 37.7 Å². The highest BCUT2D eigenvalue weighted by Gasteiger charge is 2.39. The van der Waals surface area contributed by atoms with Gasteiger partial charge in [0.05, 0.1) is 6.54 Å². The van der Waals surface area contributed by atoms with Crippen LogP contribution in [0.25, 0.3) is 0 Å². The second-order valence-electron chi connectivity index (χ2n) is 6.04. The van der Waals surface area contributed by atoms with Crippen molar-refractivity contribution in [3.05, 3.63) is 12.2 Å². The molecule has 1 saturated heterocycles. The average Bonchev–Trinajstić information content (AvgIpc) is 2.94. The maximum atomic E-state index is 5.96. The second kappa shape index (κ2) is 7.36. The van der Waals surface area contributed by atoms with E-state index in [1.165, 1.54) is 50.3 Å². The average molecular weight is 296 g/mol. The minimum atomic E-state index is 0.274. The Morgan fingerprint density at radius 1 is 1.35 bits per heavy atom. The number of aliphatic imine (C=N–C) groups is 1. The van der Waals surface area contributed by atoms with Gasteiger partial charge in [0.15, 0.2) is 5.96 Å². The van der Waals surface area contributed by atoms with Crippen LogP contribution in [-0.4, -0.2) is 54.1 Å². The van der Waals surface area contributed by atoms with Crippen molar-refractivity contribution in [2.24, 2.45) is 10.7 Å². The lowest BCUT2D eigenvalue weighted by atomic mass is 9.95. The molecule has 0 radical (unpaired) electrons. The molecule has 4 nitrogen and oxygen atoms in total. The van der Waals surface area contributed by atoms with Crippen molar-refractivity contribution in [2.45, 2.75) is 38.1 Å². The molecule has 2 aliphatic rings. The molecule has 1 saturated carbocycles. The molecule has 0 aromatic carbocycles. The number of nitrogens with one attached hydrogen (secondary N) is 1. The molecule has 0 bridgehead atoms. The van der Waals surface area contributed by atoms with Crippen LogP contribution in [0.3, 0.4) is 0 Å². The summed E-state index contributed by atoms with van der Waals surface area (Å²) < 4.78 is 0. The third-order valence-electron chi connectivity index (χ3n) is 4.33. The molecule has 3 N–H and O–H groups in total. The molecule has 20 heavy (non-hydrogen) atoms. The summed E-state index contributed by atoms with van der Waals surface area (Å²) in [5.74, 6) is 3.08. The summed E-state index contributed by atoms with van der Waals surface area (Å²) in [6.45, 7) is 9.82.